The summed E-state index contributed by atoms with van der Waals surface area (Å²) in [5.41, 5.74) is 0. The first-order valence-electron chi connectivity index (χ1n) is 7.93. The van der Waals surface area contributed by atoms with Gasteiger partial charge in [-0.2, -0.15) is 4.31 Å². The van der Waals surface area contributed by atoms with E-state index in [0.717, 1.165) is 19.4 Å². The van der Waals surface area contributed by atoms with Crippen LogP contribution < -0.4 is 0 Å². The number of likely N-dealkylation sites (N-methyl/N-ethyl adjacent to an activating group) is 1. The van der Waals surface area contributed by atoms with Gasteiger partial charge in [0.1, 0.15) is 5.82 Å². The van der Waals surface area contributed by atoms with Gasteiger partial charge in [-0.1, -0.05) is 0 Å². The summed E-state index contributed by atoms with van der Waals surface area (Å²) in [5.74, 6) is -0.172. The third-order valence-electron chi connectivity index (χ3n) is 4.73. The summed E-state index contributed by atoms with van der Waals surface area (Å²) in [6.07, 6.45) is 1.81. The zero-order chi connectivity index (χ0) is 16.6. The van der Waals surface area contributed by atoms with E-state index in [1.807, 2.05) is 19.0 Å². The molecule has 0 amide bonds. The predicted octanol–water partition coefficient (Wildman–Crippen LogP) is 1.56. The summed E-state index contributed by atoms with van der Waals surface area (Å²) >= 11 is 0. The smallest absolute Gasteiger partial charge is 0.243 e. The van der Waals surface area contributed by atoms with E-state index in [2.05, 4.69) is 0 Å². The lowest BCUT2D eigenvalue weighted by molar-refractivity contribution is 0.0262. The lowest BCUT2D eigenvalue weighted by atomic mass is 10.1. The number of ether oxygens (including phenoxy) is 1. The molecule has 2 bridgehead atoms. The summed E-state index contributed by atoms with van der Waals surface area (Å²) in [6, 6.07) is 4.94. The molecule has 2 fully saturated rings. The molecule has 3 rings (SSSR count). The van der Waals surface area contributed by atoms with E-state index in [4.69, 9.17) is 4.74 Å². The van der Waals surface area contributed by atoms with Crippen LogP contribution >= 0.6 is 0 Å². The van der Waals surface area contributed by atoms with E-state index in [0.29, 0.717) is 13.2 Å². The average Bonchev–Trinajstić information content (AvgIpc) is 3.05. The zero-order valence-corrected chi connectivity index (χ0v) is 14.3. The van der Waals surface area contributed by atoms with Crippen molar-refractivity contribution in [2.24, 2.45) is 5.92 Å². The first-order chi connectivity index (χ1) is 10.9. The van der Waals surface area contributed by atoms with Crippen LogP contribution in [0.4, 0.5) is 4.39 Å². The maximum Gasteiger partial charge on any atom is 0.243 e. The van der Waals surface area contributed by atoms with Crippen LogP contribution in [-0.4, -0.2) is 63.6 Å². The van der Waals surface area contributed by atoms with Crippen LogP contribution in [0.5, 0.6) is 0 Å². The number of hydrogen-bond acceptors (Lipinski definition) is 4. The molecule has 1 saturated carbocycles. The quantitative estimate of drug-likeness (QED) is 0.787. The van der Waals surface area contributed by atoms with Crippen molar-refractivity contribution in [2.45, 2.75) is 29.9 Å². The number of benzene rings is 1. The monoisotopic (exact) mass is 342 g/mol. The third kappa shape index (κ3) is 3.28. The molecule has 128 valence electrons. The van der Waals surface area contributed by atoms with Gasteiger partial charge in [0.25, 0.3) is 0 Å². The molecule has 2 aliphatic rings. The van der Waals surface area contributed by atoms with E-state index >= 15 is 0 Å². The summed E-state index contributed by atoms with van der Waals surface area (Å²) in [7, 11) is 0.384. The van der Waals surface area contributed by atoms with E-state index in [1.165, 1.54) is 24.3 Å². The Balaban J connectivity index is 1.73. The first-order valence-corrected chi connectivity index (χ1v) is 9.37. The van der Waals surface area contributed by atoms with Gasteiger partial charge in [-0.25, -0.2) is 12.8 Å². The number of piperidine rings is 1. The molecular weight excluding hydrogens is 319 g/mol. The molecule has 0 radical (unpaired) electrons. The Morgan fingerprint density at radius 1 is 1.26 bits per heavy atom. The predicted molar refractivity (Wildman–Crippen MR) is 85.1 cm³/mol. The molecule has 1 aliphatic heterocycles. The van der Waals surface area contributed by atoms with Gasteiger partial charge in [-0.15, -0.1) is 0 Å². The van der Waals surface area contributed by atoms with Gasteiger partial charge >= 0.3 is 0 Å². The zero-order valence-electron chi connectivity index (χ0n) is 13.5. The van der Waals surface area contributed by atoms with Crippen LogP contribution in [0.15, 0.2) is 29.2 Å². The maximum atomic E-state index is 13.0. The largest absolute Gasteiger partial charge is 0.375 e. The minimum absolute atomic E-state index is 0.0230. The normalized spacial score (nSPS) is 27.9. The highest BCUT2D eigenvalue weighted by atomic mass is 32.2. The summed E-state index contributed by atoms with van der Waals surface area (Å²) in [5, 5.41) is 0. The second kappa shape index (κ2) is 6.47. The third-order valence-corrected chi connectivity index (χ3v) is 6.64. The Bertz CT molecular complexity index is 648. The second-order valence-electron chi connectivity index (χ2n) is 6.57. The van der Waals surface area contributed by atoms with E-state index in [1.54, 1.807) is 4.31 Å². The fourth-order valence-electron chi connectivity index (χ4n) is 3.53. The van der Waals surface area contributed by atoms with Crippen molar-refractivity contribution in [3.63, 3.8) is 0 Å². The van der Waals surface area contributed by atoms with Crippen LogP contribution in [-0.2, 0) is 14.8 Å². The van der Waals surface area contributed by atoms with Crippen LogP contribution in [0, 0.1) is 11.7 Å². The highest BCUT2D eigenvalue weighted by Crippen LogP contribution is 2.42. The molecule has 3 atom stereocenters. The van der Waals surface area contributed by atoms with Gasteiger partial charge in [0.05, 0.1) is 23.6 Å². The highest BCUT2D eigenvalue weighted by molar-refractivity contribution is 7.89. The van der Waals surface area contributed by atoms with E-state index in [-0.39, 0.29) is 23.0 Å². The fraction of sp³-hybridized carbons (Fsp3) is 0.625. The van der Waals surface area contributed by atoms with Gasteiger partial charge < -0.3 is 9.64 Å². The van der Waals surface area contributed by atoms with Crippen molar-refractivity contribution in [1.29, 1.82) is 0 Å². The SMILES string of the molecule is CN(C)CCOC1C2CCC1N(S(=O)(=O)c1ccc(F)cc1)C2. The second-order valence-corrected chi connectivity index (χ2v) is 8.46. The van der Waals surface area contributed by atoms with E-state index < -0.39 is 15.8 Å². The van der Waals surface area contributed by atoms with Crippen molar-refractivity contribution < 1.29 is 17.5 Å². The molecular formula is C16H23FN2O3S. The number of hydrogen-bond donors (Lipinski definition) is 0. The molecule has 1 saturated heterocycles. The molecule has 0 spiro atoms. The Kier molecular flexibility index (Phi) is 4.73. The van der Waals surface area contributed by atoms with E-state index in [9.17, 15) is 12.8 Å². The average molecular weight is 342 g/mol. The van der Waals surface area contributed by atoms with Gasteiger partial charge in [0, 0.05) is 19.0 Å². The summed E-state index contributed by atoms with van der Waals surface area (Å²) < 4.78 is 46.2. The Labute approximate surface area is 137 Å². The lowest BCUT2D eigenvalue weighted by Crippen LogP contribution is -2.40. The van der Waals surface area contributed by atoms with Crippen LogP contribution in [0.2, 0.25) is 0 Å². The van der Waals surface area contributed by atoms with Crippen molar-refractivity contribution in [2.75, 3.05) is 33.8 Å². The minimum atomic E-state index is -3.58. The number of halogens is 1. The number of nitrogens with zero attached hydrogens (tertiary/aromatic N) is 2. The Morgan fingerprint density at radius 2 is 1.96 bits per heavy atom. The molecule has 1 aromatic rings. The standard InChI is InChI=1S/C16H23FN2O3S/c1-18(2)9-10-22-16-12-3-8-15(16)19(11-12)23(20,21)14-6-4-13(17)5-7-14/h4-7,12,15-16H,3,8-11H2,1-2H3. The van der Waals surface area contributed by atoms with Gasteiger partial charge in [-0.3, -0.25) is 0 Å². The maximum absolute atomic E-state index is 13.0. The number of sulfonamides is 1. The first kappa shape index (κ1) is 16.8. The van der Waals surface area contributed by atoms with Crippen LogP contribution in [0.1, 0.15) is 12.8 Å². The Hall–Kier alpha value is -1.02. The molecule has 7 heteroatoms. The minimum Gasteiger partial charge on any atom is -0.375 e. The molecule has 1 heterocycles. The molecule has 0 N–H and O–H groups in total. The van der Waals surface area contributed by atoms with Crippen molar-refractivity contribution in [1.82, 2.24) is 9.21 Å². The summed E-state index contributed by atoms with van der Waals surface area (Å²) in [6.45, 7) is 1.92. The highest BCUT2D eigenvalue weighted by Gasteiger charge is 2.52. The van der Waals surface area contributed by atoms with Gasteiger partial charge in [0.2, 0.25) is 10.0 Å². The Morgan fingerprint density at radius 3 is 2.61 bits per heavy atom. The van der Waals surface area contributed by atoms with Crippen molar-refractivity contribution in [3.05, 3.63) is 30.1 Å². The number of rotatable bonds is 6. The van der Waals surface area contributed by atoms with Gasteiger partial charge in [0.15, 0.2) is 0 Å². The molecule has 23 heavy (non-hydrogen) atoms. The van der Waals surface area contributed by atoms with Crippen molar-refractivity contribution >= 4 is 10.0 Å². The fourth-order valence-corrected chi connectivity index (χ4v) is 5.25. The van der Waals surface area contributed by atoms with Crippen LogP contribution in [0.3, 0.4) is 0 Å². The molecule has 1 aromatic carbocycles. The molecule has 5 nitrogen and oxygen atoms in total. The lowest BCUT2D eigenvalue weighted by Gasteiger charge is -2.26. The topological polar surface area (TPSA) is 49.9 Å². The number of fused-ring (bicyclic) bond motifs is 2. The van der Waals surface area contributed by atoms with Crippen molar-refractivity contribution in [3.8, 4) is 0 Å². The van der Waals surface area contributed by atoms with Gasteiger partial charge in [-0.05, 0) is 51.2 Å². The summed E-state index contributed by atoms with van der Waals surface area (Å²) in [4.78, 5) is 2.20. The molecule has 0 aromatic heterocycles. The van der Waals surface area contributed by atoms with Crippen LogP contribution in [0.25, 0.3) is 0 Å². The molecule has 1 aliphatic carbocycles. The molecule has 3 unspecified atom stereocenters.